The van der Waals surface area contributed by atoms with Crippen LogP contribution in [-0.2, 0) is 6.54 Å². The summed E-state index contributed by atoms with van der Waals surface area (Å²) in [4.78, 5) is 23.1. The standard InChI is InChI=1S/C19H14ClN3O3S/c20-15(10-12-6-8-14(9-7-12)19(25)26)17-22-23-18(27-17)16(24)21-11-13-4-2-1-3-5-13/h1-10H,11H2,(H,21,24)(H,25,26). The molecule has 0 fully saturated rings. The maximum atomic E-state index is 12.2. The molecule has 1 heterocycles. The van der Waals surface area contributed by atoms with Crippen LogP contribution in [0.15, 0.2) is 54.6 Å². The number of aromatic nitrogens is 2. The van der Waals surface area contributed by atoms with Crippen molar-refractivity contribution in [2.24, 2.45) is 0 Å². The highest BCUT2D eigenvalue weighted by Crippen LogP contribution is 2.25. The van der Waals surface area contributed by atoms with E-state index in [4.69, 9.17) is 16.7 Å². The van der Waals surface area contributed by atoms with E-state index >= 15 is 0 Å². The quantitative estimate of drug-likeness (QED) is 0.655. The second-order valence-electron chi connectivity index (χ2n) is 5.50. The molecular formula is C19H14ClN3O3S. The van der Waals surface area contributed by atoms with E-state index in [0.717, 1.165) is 22.5 Å². The first-order valence-electron chi connectivity index (χ1n) is 7.89. The number of carbonyl (C=O) groups is 2. The van der Waals surface area contributed by atoms with Crippen LogP contribution in [0.5, 0.6) is 0 Å². The molecule has 8 heteroatoms. The molecule has 2 N–H and O–H groups in total. The Kier molecular flexibility index (Phi) is 5.95. The lowest BCUT2D eigenvalue weighted by molar-refractivity contribution is 0.0696. The van der Waals surface area contributed by atoms with Crippen molar-refractivity contribution in [2.45, 2.75) is 6.54 Å². The molecule has 2 aromatic carbocycles. The van der Waals surface area contributed by atoms with Crippen molar-refractivity contribution in [3.63, 3.8) is 0 Å². The Labute approximate surface area is 164 Å². The zero-order chi connectivity index (χ0) is 19.2. The highest BCUT2D eigenvalue weighted by molar-refractivity contribution is 7.15. The van der Waals surface area contributed by atoms with Gasteiger partial charge in [0.2, 0.25) is 5.01 Å². The second-order valence-corrected chi connectivity index (χ2v) is 6.88. The summed E-state index contributed by atoms with van der Waals surface area (Å²) in [5.74, 6) is -1.32. The normalized spacial score (nSPS) is 11.2. The number of amides is 1. The Morgan fingerprint density at radius 1 is 1.04 bits per heavy atom. The lowest BCUT2D eigenvalue weighted by atomic mass is 10.1. The lowest BCUT2D eigenvalue weighted by Crippen LogP contribution is -2.22. The molecule has 3 aromatic rings. The Morgan fingerprint density at radius 2 is 1.70 bits per heavy atom. The zero-order valence-corrected chi connectivity index (χ0v) is 15.5. The predicted octanol–water partition coefficient (Wildman–Crippen LogP) is 3.90. The van der Waals surface area contributed by atoms with Crippen LogP contribution in [0.2, 0.25) is 0 Å². The van der Waals surface area contributed by atoms with Crippen LogP contribution in [0.25, 0.3) is 11.1 Å². The molecule has 6 nitrogen and oxygen atoms in total. The minimum absolute atomic E-state index is 0.191. The third-order valence-electron chi connectivity index (χ3n) is 3.57. The maximum absolute atomic E-state index is 12.2. The molecule has 0 aliphatic heterocycles. The molecule has 1 amide bonds. The minimum Gasteiger partial charge on any atom is -0.478 e. The van der Waals surface area contributed by atoms with Crippen molar-refractivity contribution in [3.05, 3.63) is 81.3 Å². The van der Waals surface area contributed by atoms with E-state index < -0.39 is 5.97 Å². The summed E-state index contributed by atoms with van der Waals surface area (Å²) in [6.45, 7) is 0.397. The number of carbonyl (C=O) groups excluding carboxylic acids is 1. The van der Waals surface area contributed by atoms with Crippen molar-refractivity contribution >= 4 is 45.9 Å². The van der Waals surface area contributed by atoms with Crippen LogP contribution in [-0.4, -0.2) is 27.2 Å². The summed E-state index contributed by atoms with van der Waals surface area (Å²) in [6.07, 6.45) is 1.64. The van der Waals surface area contributed by atoms with Gasteiger partial charge in [-0.3, -0.25) is 4.79 Å². The molecule has 0 saturated carbocycles. The van der Waals surface area contributed by atoms with Gasteiger partial charge in [0.1, 0.15) is 0 Å². The van der Waals surface area contributed by atoms with Crippen molar-refractivity contribution < 1.29 is 14.7 Å². The van der Waals surface area contributed by atoms with E-state index in [2.05, 4.69) is 15.5 Å². The number of benzene rings is 2. The molecule has 1 aromatic heterocycles. The molecule has 3 rings (SSSR count). The zero-order valence-electron chi connectivity index (χ0n) is 13.9. The van der Waals surface area contributed by atoms with Crippen molar-refractivity contribution in [1.29, 1.82) is 0 Å². The third kappa shape index (κ3) is 4.99. The van der Waals surface area contributed by atoms with Crippen LogP contribution < -0.4 is 5.32 Å². The Balaban J connectivity index is 1.66. The summed E-state index contributed by atoms with van der Waals surface area (Å²) < 4.78 is 0. The molecule has 27 heavy (non-hydrogen) atoms. The van der Waals surface area contributed by atoms with E-state index in [1.807, 2.05) is 30.3 Å². The molecule has 0 spiro atoms. The number of nitrogens with zero attached hydrogens (tertiary/aromatic N) is 2. The number of hydrogen-bond donors (Lipinski definition) is 2. The van der Waals surface area contributed by atoms with Gasteiger partial charge in [-0.05, 0) is 29.3 Å². The monoisotopic (exact) mass is 399 g/mol. The highest BCUT2D eigenvalue weighted by atomic mass is 35.5. The molecule has 136 valence electrons. The van der Waals surface area contributed by atoms with Gasteiger partial charge in [0.25, 0.3) is 5.91 Å². The number of carboxylic acids is 1. The van der Waals surface area contributed by atoms with Gasteiger partial charge in [-0.15, -0.1) is 10.2 Å². The molecule has 0 aliphatic carbocycles. The van der Waals surface area contributed by atoms with Crippen molar-refractivity contribution in [2.75, 3.05) is 0 Å². The molecular weight excluding hydrogens is 386 g/mol. The van der Waals surface area contributed by atoms with E-state index in [1.165, 1.54) is 12.1 Å². The van der Waals surface area contributed by atoms with Crippen LogP contribution in [0.1, 0.15) is 36.3 Å². The van der Waals surface area contributed by atoms with E-state index in [0.29, 0.717) is 16.6 Å². The molecule has 0 atom stereocenters. The number of hydrogen-bond acceptors (Lipinski definition) is 5. The molecule has 0 saturated heterocycles. The molecule has 0 unspecified atom stereocenters. The van der Waals surface area contributed by atoms with Crippen molar-refractivity contribution in [3.8, 4) is 0 Å². The fourth-order valence-electron chi connectivity index (χ4n) is 2.20. The topological polar surface area (TPSA) is 92.2 Å². The number of nitrogens with one attached hydrogen (secondary N) is 1. The summed E-state index contributed by atoms with van der Waals surface area (Å²) in [5, 5.41) is 20.5. The molecule has 0 radical (unpaired) electrons. The largest absolute Gasteiger partial charge is 0.478 e. The van der Waals surface area contributed by atoms with Crippen molar-refractivity contribution in [1.82, 2.24) is 15.5 Å². The summed E-state index contributed by atoms with van der Waals surface area (Å²) in [6, 6.07) is 15.8. The van der Waals surface area contributed by atoms with Gasteiger partial charge >= 0.3 is 5.97 Å². The molecule has 0 aliphatic rings. The maximum Gasteiger partial charge on any atom is 0.335 e. The van der Waals surface area contributed by atoms with Gasteiger partial charge in [0.15, 0.2) is 5.01 Å². The predicted molar refractivity (Wildman–Crippen MR) is 105 cm³/mol. The van der Waals surface area contributed by atoms with Gasteiger partial charge in [0, 0.05) is 6.54 Å². The fourth-order valence-corrected chi connectivity index (χ4v) is 3.14. The summed E-state index contributed by atoms with van der Waals surface area (Å²) in [7, 11) is 0. The number of carboxylic acid groups (broad SMARTS) is 1. The Bertz CT molecular complexity index is 985. The SMILES string of the molecule is O=C(O)c1ccc(C=C(Cl)c2nnc(C(=O)NCc3ccccc3)s2)cc1. The lowest BCUT2D eigenvalue weighted by Gasteiger charge is -2.02. The average molecular weight is 400 g/mol. The first-order chi connectivity index (χ1) is 13.0. The highest BCUT2D eigenvalue weighted by Gasteiger charge is 2.14. The van der Waals surface area contributed by atoms with Gasteiger partial charge in [-0.1, -0.05) is 65.4 Å². The van der Waals surface area contributed by atoms with Gasteiger partial charge in [-0.25, -0.2) is 4.79 Å². The van der Waals surface area contributed by atoms with Crippen LogP contribution in [0.3, 0.4) is 0 Å². The Hall–Kier alpha value is -3.03. The second kappa shape index (κ2) is 8.57. The molecule has 0 bridgehead atoms. The van der Waals surface area contributed by atoms with Gasteiger partial charge in [-0.2, -0.15) is 0 Å². The smallest absolute Gasteiger partial charge is 0.335 e. The van der Waals surface area contributed by atoms with Crippen LogP contribution in [0.4, 0.5) is 0 Å². The minimum atomic E-state index is -0.994. The summed E-state index contributed by atoms with van der Waals surface area (Å²) >= 11 is 7.34. The van der Waals surface area contributed by atoms with E-state index in [-0.39, 0.29) is 16.5 Å². The third-order valence-corrected chi connectivity index (χ3v) is 4.93. The van der Waals surface area contributed by atoms with Gasteiger partial charge in [0.05, 0.1) is 10.6 Å². The summed E-state index contributed by atoms with van der Waals surface area (Å²) in [5.41, 5.74) is 1.89. The van der Waals surface area contributed by atoms with Crippen LogP contribution in [0, 0.1) is 0 Å². The number of aromatic carboxylic acids is 1. The average Bonchev–Trinajstić information content (AvgIpc) is 3.18. The van der Waals surface area contributed by atoms with Crippen LogP contribution >= 0.6 is 22.9 Å². The van der Waals surface area contributed by atoms with E-state index in [9.17, 15) is 9.59 Å². The number of halogens is 1. The first-order valence-corrected chi connectivity index (χ1v) is 9.09. The Morgan fingerprint density at radius 3 is 2.37 bits per heavy atom. The first kappa shape index (κ1) is 18.8. The van der Waals surface area contributed by atoms with E-state index in [1.54, 1.807) is 18.2 Å². The number of rotatable bonds is 6. The fraction of sp³-hybridized carbons (Fsp3) is 0.0526. The van der Waals surface area contributed by atoms with Gasteiger partial charge < -0.3 is 10.4 Å².